The van der Waals surface area contributed by atoms with Gasteiger partial charge in [0.1, 0.15) is 17.3 Å². The number of likely N-dealkylation sites (tertiary alicyclic amines) is 1. The number of ether oxygens (including phenoxy) is 2. The lowest BCUT2D eigenvalue weighted by Gasteiger charge is -2.25. The Balaban J connectivity index is 1.83. The van der Waals surface area contributed by atoms with Crippen LogP contribution in [0.2, 0.25) is 0 Å². The van der Waals surface area contributed by atoms with Gasteiger partial charge in [0.15, 0.2) is 0 Å². The number of amides is 1. The van der Waals surface area contributed by atoms with Crippen LogP contribution < -0.4 is 9.47 Å². The number of Topliss-reactive ketones (excluding diaryl/α,β-unsaturated/α-hetero) is 1. The number of methoxy groups -OCH3 is 1. The summed E-state index contributed by atoms with van der Waals surface area (Å²) < 4.78 is 11.0. The van der Waals surface area contributed by atoms with E-state index in [2.05, 4.69) is 4.98 Å². The van der Waals surface area contributed by atoms with Crippen molar-refractivity contribution in [3.05, 3.63) is 95.3 Å². The van der Waals surface area contributed by atoms with Crippen LogP contribution in [0, 0.1) is 0 Å². The van der Waals surface area contributed by atoms with Crippen molar-refractivity contribution in [3.8, 4) is 11.5 Å². The fourth-order valence-electron chi connectivity index (χ4n) is 3.99. The maximum Gasteiger partial charge on any atom is 0.295 e. The van der Waals surface area contributed by atoms with E-state index >= 15 is 0 Å². The molecule has 0 radical (unpaired) electrons. The number of hydrogen-bond donors (Lipinski definition) is 1. The number of ketones is 1. The molecule has 7 nitrogen and oxygen atoms in total. The number of benzene rings is 2. The van der Waals surface area contributed by atoms with E-state index in [0.717, 1.165) is 12.0 Å². The third-order valence-corrected chi connectivity index (χ3v) is 5.63. The lowest BCUT2D eigenvalue weighted by atomic mass is 9.95. The molecule has 3 aromatic rings. The normalized spacial score (nSPS) is 17.1. The largest absolute Gasteiger partial charge is 0.507 e. The van der Waals surface area contributed by atoms with Crippen molar-refractivity contribution in [2.45, 2.75) is 25.9 Å². The molecule has 1 atom stereocenters. The van der Waals surface area contributed by atoms with Crippen LogP contribution >= 0.6 is 0 Å². The van der Waals surface area contributed by atoms with E-state index < -0.39 is 17.7 Å². The van der Waals surface area contributed by atoms with Crippen molar-refractivity contribution in [3.63, 3.8) is 0 Å². The van der Waals surface area contributed by atoms with E-state index in [9.17, 15) is 14.7 Å². The van der Waals surface area contributed by atoms with Gasteiger partial charge in [-0.1, -0.05) is 31.2 Å². The smallest absolute Gasteiger partial charge is 0.295 e. The molecular weight excluding hydrogens is 432 g/mol. The predicted molar refractivity (Wildman–Crippen MR) is 127 cm³/mol. The zero-order valence-corrected chi connectivity index (χ0v) is 19.1. The van der Waals surface area contributed by atoms with Crippen LogP contribution in [0.25, 0.3) is 5.76 Å². The monoisotopic (exact) mass is 458 g/mol. The Morgan fingerprint density at radius 3 is 2.50 bits per heavy atom. The Kier molecular flexibility index (Phi) is 6.92. The lowest BCUT2D eigenvalue weighted by molar-refractivity contribution is -0.140. The van der Waals surface area contributed by atoms with Crippen molar-refractivity contribution < 1.29 is 24.2 Å². The van der Waals surface area contributed by atoms with Gasteiger partial charge in [-0.05, 0) is 53.9 Å². The van der Waals surface area contributed by atoms with Crippen LogP contribution in [-0.2, 0) is 16.1 Å². The number of aromatic nitrogens is 1. The summed E-state index contributed by atoms with van der Waals surface area (Å²) in [5.74, 6) is -0.494. The Morgan fingerprint density at radius 2 is 1.76 bits per heavy atom. The van der Waals surface area contributed by atoms with Gasteiger partial charge in [-0.15, -0.1) is 0 Å². The number of nitrogens with zero attached hydrogens (tertiary/aromatic N) is 2. The highest BCUT2D eigenvalue weighted by Gasteiger charge is 2.46. The highest BCUT2D eigenvalue weighted by molar-refractivity contribution is 6.46. The van der Waals surface area contributed by atoms with Crippen LogP contribution in [0.15, 0.2) is 78.6 Å². The molecule has 1 unspecified atom stereocenters. The van der Waals surface area contributed by atoms with Crippen molar-refractivity contribution in [1.82, 2.24) is 9.88 Å². The minimum atomic E-state index is -0.788. The molecule has 1 aliphatic heterocycles. The molecule has 1 fully saturated rings. The van der Waals surface area contributed by atoms with Crippen molar-refractivity contribution >= 4 is 17.4 Å². The van der Waals surface area contributed by atoms with Gasteiger partial charge in [0, 0.05) is 24.5 Å². The summed E-state index contributed by atoms with van der Waals surface area (Å²) in [6.45, 7) is 2.72. The molecule has 174 valence electrons. The second-order valence-electron chi connectivity index (χ2n) is 7.94. The summed E-state index contributed by atoms with van der Waals surface area (Å²) in [4.78, 5) is 31.9. The zero-order chi connectivity index (χ0) is 24.1. The molecule has 1 N–H and O–H groups in total. The molecule has 1 amide bonds. The van der Waals surface area contributed by atoms with Gasteiger partial charge in [-0.3, -0.25) is 14.6 Å². The van der Waals surface area contributed by atoms with Gasteiger partial charge >= 0.3 is 0 Å². The van der Waals surface area contributed by atoms with E-state index in [0.29, 0.717) is 29.2 Å². The van der Waals surface area contributed by atoms with Gasteiger partial charge in [-0.2, -0.15) is 0 Å². The van der Waals surface area contributed by atoms with Gasteiger partial charge in [0.2, 0.25) is 0 Å². The van der Waals surface area contributed by atoms with Crippen LogP contribution in [-0.4, -0.2) is 40.4 Å². The van der Waals surface area contributed by atoms with Crippen molar-refractivity contribution in [2.24, 2.45) is 0 Å². The summed E-state index contributed by atoms with van der Waals surface area (Å²) in [5, 5.41) is 11.3. The first kappa shape index (κ1) is 23.0. The Labute approximate surface area is 198 Å². The quantitative estimate of drug-likeness (QED) is 0.304. The molecule has 0 saturated carbocycles. The Hall–Kier alpha value is -4.13. The third-order valence-electron chi connectivity index (χ3n) is 5.63. The standard InChI is InChI=1S/C27H26N2O5/c1-3-14-34-22-9-5-7-20(16-22)25(30)23-24(19-6-4-8-21(15-19)33-2)29(27(32)26(23)31)17-18-10-12-28-13-11-18/h4-13,15-16,24,30H,3,14,17H2,1-2H3/b25-23+. The maximum atomic E-state index is 13.2. The predicted octanol–water partition coefficient (Wildman–Crippen LogP) is 4.50. The molecule has 0 aliphatic carbocycles. The van der Waals surface area contributed by atoms with Crippen LogP contribution in [0.3, 0.4) is 0 Å². The number of hydrogen-bond acceptors (Lipinski definition) is 6. The molecule has 7 heteroatoms. The van der Waals surface area contributed by atoms with Gasteiger partial charge in [-0.25, -0.2) is 0 Å². The molecule has 1 saturated heterocycles. The minimum Gasteiger partial charge on any atom is -0.507 e. The van der Waals surface area contributed by atoms with Crippen LogP contribution in [0.4, 0.5) is 0 Å². The van der Waals surface area contributed by atoms with E-state index in [1.54, 1.807) is 74.1 Å². The number of aliphatic hydroxyl groups excluding tert-OH is 1. The van der Waals surface area contributed by atoms with Crippen molar-refractivity contribution in [1.29, 1.82) is 0 Å². The van der Waals surface area contributed by atoms with E-state index in [1.165, 1.54) is 4.90 Å². The lowest BCUT2D eigenvalue weighted by Crippen LogP contribution is -2.29. The molecule has 1 aliphatic rings. The third kappa shape index (κ3) is 4.64. The maximum absolute atomic E-state index is 13.2. The Bertz CT molecular complexity index is 1220. The molecule has 2 heterocycles. The summed E-state index contributed by atoms with van der Waals surface area (Å²) in [6.07, 6.45) is 4.11. The molecule has 0 bridgehead atoms. The highest BCUT2D eigenvalue weighted by atomic mass is 16.5. The molecular formula is C27H26N2O5. The first-order valence-electron chi connectivity index (χ1n) is 11.1. The second-order valence-corrected chi connectivity index (χ2v) is 7.94. The van der Waals surface area contributed by atoms with E-state index in [-0.39, 0.29) is 17.9 Å². The average Bonchev–Trinajstić information content (AvgIpc) is 3.12. The first-order chi connectivity index (χ1) is 16.5. The van der Waals surface area contributed by atoms with Gasteiger partial charge in [0.25, 0.3) is 11.7 Å². The molecule has 4 rings (SSSR count). The molecule has 1 aromatic heterocycles. The number of carbonyl (C=O) groups is 2. The summed E-state index contributed by atoms with van der Waals surface area (Å²) in [6, 6.07) is 16.8. The fraction of sp³-hybridized carbons (Fsp3) is 0.222. The fourth-order valence-corrected chi connectivity index (χ4v) is 3.99. The van der Waals surface area contributed by atoms with Gasteiger partial charge in [0.05, 0.1) is 25.3 Å². The highest BCUT2D eigenvalue weighted by Crippen LogP contribution is 2.41. The molecule has 34 heavy (non-hydrogen) atoms. The first-order valence-corrected chi connectivity index (χ1v) is 11.1. The van der Waals surface area contributed by atoms with E-state index in [4.69, 9.17) is 9.47 Å². The number of rotatable bonds is 8. The van der Waals surface area contributed by atoms with Gasteiger partial charge < -0.3 is 19.5 Å². The topological polar surface area (TPSA) is 89.0 Å². The SMILES string of the molecule is CCCOc1cccc(/C(O)=C2\C(=O)C(=O)N(Cc3ccncc3)C2c2cccc(OC)c2)c1. The summed E-state index contributed by atoms with van der Waals surface area (Å²) in [7, 11) is 1.55. The summed E-state index contributed by atoms with van der Waals surface area (Å²) in [5.41, 5.74) is 1.91. The zero-order valence-electron chi connectivity index (χ0n) is 19.1. The number of pyridine rings is 1. The Morgan fingerprint density at radius 1 is 1.03 bits per heavy atom. The minimum absolute atomic E-state index is 0.0277. The van der Waals surface area contributed by atoms with Crippen LogP contribution in [0.5, 0.6) is 11.5 Å². The van der Waals surface area contributed by atoms with Crippen molar-refractivity contribution in [2.75, 3.05) is 13.7 Å². The molecule has 2 aromatic carbocycles. The second kappa shape index (κ2) is 10.2. The number of aliphatic hydroxyl groups is 1. The molecule has 0 spiro atoms. The van der Waals surface area contributed by atoms with Crippen LogP contribution in [0.1, 0.15) is 36.1 Å². The average molecular weight is 459 g/mol. The summed E-state index contributed by atoms with van der Waals surface area (Å²) >= 11 is 0. The van der Waals surface area contributed by atoms with E-state index in [1.807, 2.05) is 13.0 Å². The number of carbonyl (C=O) groups excluding carboxylic acids is 2.